The van der Waals surface area contributed by atoms with E-state index < -0.39 is 11.3 Å². The molecule has 0 saturated heterocycles. The molecule has 0 spiro atoms. The maximum absolute atomic E-state index is 10.7. The molecule has 2 heterocycles. The first kappa shape index (κ1) is 20.2. The van der Waals surface area contributed by atoms with Gasteiger partial charge in [0.1, 0.15) is 0 Å². The maximum atomic E-state index is 10.7. The summed E-state index contributed by atoms with van der Waals surface area (Å²) in [6.07, 6.45) is 1.86. The van der Waals surface area contributed by atoms with E-state index in [1.54, 1.807) is 11.3 Å². The zero-order valence-corrected chi connectivity index (χ0v) is 17.7. The number of rotatable bonds is 5. The molecule has 1 aromatic carbocycles. The Balaban J connectivity index is 1.87. The number of benzene rings is 1. The average molecular weight is 421 g/mol. The van der Waals surface area contributed by atoms with Crippen molar-refractivity contribution in [1.82, 2.24) is 9.71 Å². The fourth-order valence-electron chi connectivity index (χ4n) is 2.67. The smallest absolute Gasteiger partial charge is 0.232 e. The van der Waals surface area contributed by atoms with Crippen LogP contribution in [0.3, 0.4) is 0 Å². The van der Waals surface area contributed by atoms with Crippen LogP contribution in [0.25, 0.3) is 21.6 Å². The predicted octanol–water partition coefficient (Wildman–Crippen LogP) is 5.65. The highest BCUT2D eigenvalue weighted by Crippen LogP contribution is 2.37. The first-order valence-electron chi connectivity index (χ1n) is 8.42. The van der Waals surface area contributed by atoms with Gasteiger partial charge in [-0.1, -0.05) is 44.5 Å². The van der Waals surface area contributed by atoms with Crippen LogP contribution in [0.1, 0.15) is 32.0 Å². The normalized spacial score (nSPS) is 12.9. The Morgan fingerprint density at radius 3 is 2.63 bits per heavy atom. The van der Waals surface area contributed by atoms with Crippen molar-refractivity contribution in [3.05, 3.63) is 64.3 Å². The average Bonchev–Trinajstić information content (AvgIpc) is 3.09. The molecule has 7 heteroatoms. The number of aromatic nitrogens is 1. The fourth-order valence-corrected chi connectivity index (χ4v) is 4.18. The number of pyridine rings is 1. The Hall–Kier alpha value is -1.57. The minimum absolute atomic E-state index is 0.00150. The van der Waals surface area contributed by atoms with Gasteiger partial charge in [0, 0.05) is 39.3 Å². The standard InChI is InChI=1S/C20H21ClN2O2S2/c1-20(2,3)19-10-14(6-7-22-19)18-9-15(12-26-18)16-5-4-13(8-17(16)21)11-23-27(24)25/h4-10,12,23H,11H2,1-3H3,(H,24,25). The molecule has 27 heavy (non-hydrogen) atoms. The Morgan fingerprint density at radius 1 is 1.19 bits per heavy atom. The van der Waals surface area contributed by atoms with Crippen molar-refractivity contribution in [3.8, 4) is 21.6 Å². The van der Waals surface area contributed by atoms with Gasteiger partial charge in [0.2, 0.25) is 11.3 Å². The molecule has 0 aliphatic heterocycles. The molecule has 0 aliphatic rings. The molecule has 1 unspecified atom stereocenters. The van der Waals surface area contributed by atoms with Crippen LogP contribution >= 0.6 is 22.9 Å². The Bertz CT molecular complexity index is 980. The van der Waals surface area contributed by atoms with Gasteiger partial charge in [-0.05, 0) is 46.3 Å². The van der Waals surface area contributed by atoms with Crippen LogP contribution in [0.15, 0.2) is 48.0 Å². The summed E-state index contributed by atoms with van der Waals surface area (Å²) in [7, 11) is 0. The van der Waals surface area contributed by atoms with Crippen LogP contribution < -0.4 is 4.72 Å². The van der Waals surface area contributed by atoms with Crippen molar-refractivity contribution in [2.24, 2.45) is 0 Å². The van der Waals surface area contributed by atoms with Crippen molar-refractivity contribution < 1.29 is 8.76 Å². The van der Waals surface area contributed by atoms with Crippen molar-refractivity contribution in [3.63, 3.8) is 0 Å². The third kappa shape index (κ3) is 5.03. The molecule has 2 aromatic heterocycles. The first-order chi connectivity index (χ1) is 12.7. The van der Waals surface area contributed by atoms with E-state index in [4.69, 9.17) is 16.2 Å². The van der Waals surface area contributed by atoms with Crippen molar-refractivity contribution in [2.45, 2.75) is 32.7 Å². The van der Waals surface area contributed by atoms with E-state index in [2.05, 4.69) is 48.0 Å². The number of hydrogen-bond donors (Lipinski definition) is 2. The van der Waals surface area contributed by atoms with Gasteiger partial charge in [0.25, 0.3) is 0 Å². The quantitative estimate of drug-likeness (QED) is 0.524. The van der Waals surface area contributed by atoms with E-state index >= 15 is 0 Å². The summed E-state index contributed by atoms with van der Waals surface area (Å²) in [6, 6.07) is 12.0. The van der Waals surface area contributed by atoms with Crippen LogP contribution in [0.5, 0.6) is 0 Å². The molecule has 0 amide bonds. The lowest BCUT2D eigenvalue weighted by Crippen LogP contribution is -2.15. The second kappa shape index (κ2) is 8.20. The molecule has 0 fully saturated rings. The summed E-state index contributed by atoms with van der Waals surface area (Å²) >= 11 is 6.08. The van der Waals surface area contributed by atoms with Gasteiger partial charge < -0.3 is 0 Å². The molecule has 4 nitrogen and oxygen atoms in total. The molecule has 0 aliphatic carbocycles. The molecule has 2 N–H and O–H groups in total. The van der Waals surface area contributed by atoms with Crippen LogP contribution in [0.2, 0.25) is 5.02 Å². The summed E-state index contributed by atoms with van der Waals surface area (Å²) in [5, 5.41) is 2.71. The zero-order valence-electron chi connectivity index (χ0n) is 15.3. The van der Waals surface area contributed by atoms with Crippen molar-refractivity contribution >= 4 is 34.2 Å². The lowest BCUT2D eigenvalue weighted by molar-refractivity contribution is 0.548. The summed E-state index contributed by atoms with van der Waals surface area (Å²) < 4.78 is 22.0. The Labute approximate surface area is 171 Å². The third-order valence-electron chi connectivity index (χ3n) is 4.16. The predicted molar refractivity (Wildman–Crippen MR) is 114 cm³/mol. The molecule has 1 atom stereocenters. The Morgan fingerprint density at radius 2 is 1.96 bits per heavy atom. The van der Waals surface area contributed by atoms with Crippen molar-refractivity contribution in [2.75, 3.05) is 0 Å². The summed E-state index contributed by atoms with van der Waals surface area (Å²) in [4.78, 5) is 5.66. The van der Waals surface area contributed by atoms with Gasteiger partial charge in [-0.3, -0.25) is 9.54 Å². The molecule has 3 rings (SSSR count). The fraction of sp³-hybridized carbons (Fsp3) is 0.250. The highest BCUT2D eigenvalue weighted by atomic mass is 35.5. The third-order valence-corrected chi connectivity index (χ3v) is 5.84. The second-order valence-corrected chi connectivity index (χ2v) is 9.37. The van der Waals surface area contributed by atoms with Gasteiger partial charge in [0.05, 0.1) is 0 Å². The minimum Gasteiger partial charge on any atom is -0.294 e. The largest absolute Gasteiger partial charge is 0.294 e. The number of nitrogens with zero attached hydrogens (tertiary/aromatic N) is 1. The van der Waals surface area contributed by atoms with E-state index in [9.17, 15) is 4.21 Å². The lowest BCUT2D eigenvalue weighted by atomic mass is 9.90. The number of nitrogens with one attached hydrogen (secondary N) is 1. The van der Waals surface area contributed by atoms with Crippen LogP contribution in [-0.2, 0) is 23.2 Å². The molecule has 0 radical (unpaired) electrons. The van der Waals surface area contributed by atoms with E-state index in [1.807, 2.05) is 30.5 Å². The summed E-state index contributed by atoms with van der Waals surface area (Å²) in [5.74, 6) is 0. The van der Waals surface area contributed by atoms with Gasteiger partial charge in [0.15, 0.2) is 0 Å². The van der Waals surface area contributed by atoms with Gasteiger partial charge in [-0.2, -0.15) is 0 Å². The molecule has 142 valence electrons. The van der Waals surface area contributed by atoms with E-state index in [1.165, 1.54) is 0 Å². The van der Waals surface area contributed by atoms with Gasteiger partial charge in [-0.25, -0.2) is 8.93 Å². The second-order valence-electron chi connectivity index (χ2n) is 7.26. The Kier molecular flexibility index (Phi) is 6.13. The molecule has 0 bridgehead atoms. The first-order valence-corrected chi connectivity index (χ1v) is 10.8. The molecule has 0 saturated carbocycles. The van der Waals surface area contributed by atoms with Gasteiger partial charge in [-0.15, -0.1) is 11.3 Å². The molecular formula is C20H21ClN2O2S2. The zero-order chi connectivity index (χ0) is 19.6. The van der Waals surface area contributed by atoms with Crippen molar-refractivity contribution in [1.29, 1.82) is 0 Å². The van der Waals surface area contributed by atoms with Gasteiger partial charge >= 0.3 is 0 Å². The summed E-state index contributed by atoms with van der Waals surface area (Å²) in [5.41, 5.74) is 5.06. The maximum Gasteiger partial charge on any atom is 0.232 e. The minimum atomic E-state index is -2.04. The SMILES string of the molecule is CC(C)(C)c1cc(-c2cc(-c3ccc(CNS(=O)O)cc3Cl)cs2)ccn1. The van der Waals surface area contributed by atoms with E-state index in [0.29, 0.717) is 5.02 Å². The highest BCUT2D eigenvalue weighted by molar-refractivity contribution is 7.77. The highest BCUT2D eigenvalue weighted by Gasteiger charge is 2.16. The number of halogens is 1. The van der Waals surface area contributed by atoms with Crippen LogP contribution in [0.4, 0.5) is 0 Å². The number of hydrogen-bond acceptors (Lipinski definition) is 3. The topological polar surface area (TPSA) is 62.2 Å². The van der Waals surface area contributed by atoms with E-state index in [-0.39, 0.29) is 12.0 Å². The van der Waals surface area contributed by atoms with Crippen LogP contribution in [-0.4, -0.2) is 13.7 Å². The lowest BCUT2D eigenvalue weighted by Gasteiger charge is -2.17. The summed E-state index contributed by atoms with van der Waals surface area (Å²) in [6.45, 7) is 6.75. The molecular weight excluding hydrogens is 400 g/mol. The number of thiophene rings is 1. The van der Waals surface area contributed by atoms with Crippen LogP contribution in [0, 0.1) is 0 Å². The monoisotopic (exact) mass is 420 g/mol. The molecule has 3 aromatic rings. The van der Waals surface area contributed by atoms with E-state index in [0.717, 1.165) is 32.8 Å².